The van der Waals surface area contributed by atoms with E-state index in [0.717, 1.165) is 15.7 Å². The van der Waals surface area contributed by atoms with E-state index in [-0.39, 0.29) is 5.91 Å². The van der Waals surface area contributed by atoms with Crippen molar-refractivity contribution < 1.29 is 4.79 Å². The first-order chi connectivity index (χ1) is 8.63. The Hall–Kier alpha value is -1.88. The first-order valence-corrected chi connectivity index (χ1v) is 6.19. The molecule has 2 aromatic rings. The van der Waals surface area contributed by atoms with Gasteiger partial charge in [-0.3, -0.25) is 9.89 Å². The molecule has 2 rings (SSSR count). The first kappa shape index (κ1) is 12.6. The molecule has 1 heterocycles. The molecule has 0 spiro atoms. The minimum Gasteiger partial charge on any atom is -0.306 e. The van der Waals surface area contributed by atoms with Gasteiger partial charge in [0.15, 0.2) is 5.82 Å². The summed E-state index contributed by atoms with van der Waals surface area (Å²) in [4.78, 5) is 11.6. The lowest BCUT2D eigenvalue weighted by molar-refractivity contribution is -0.111. The van der Waals surface area contributed by atoms with E-state index in [2.05, 4.69) is 31.4 Å². The number of aromatic nitrogens is 2. The van der Waals surface area contributed by atoms with Crippen molar-refractivity contribution in [3.63, 3.8) is 0 Å². The zero-order valence-electron chi connectivity index (χ0n) is 9.77. The van der Waals surface area contributed by atoms with Crippen molar-refractivity contribution in [2.45, 2.75) is 6.92 Å². The maximum absolute atomic E-state index is 11.6. The van der Waals surface area contributed by atoms with Crippen LogP contribution in [0.3, 0.4) is 0 Å². The monoisotopic (exact) mass is 305 g/mol. The third kappa shape index (κ3) is 3.56. The number of aromatic amines is 1. The van der Waals surface area contributed by atoms with E-state index in [1.165, 1.54) is 6.08 Å². The normalized spacial score (nSPS) is 10.8. The van der Waals surface area contributed by atoms with Crippen molar-refractivity contribution >= 4 is 33.7 Å². The van der Waals surface area contributed by atoms with Crippen LogP contribution in [0.1, 0.15) is 11.3 Å². The Kier molecular flexibility index (Phi) is 3.94. The van der Waals surface area contributed by atoms with Crippen LogP contribution in [0.5, 0.6) is 0 Å². The van der Waals surface area contributed by atoms with Gasteiger partial charge in [-0.25, -0.2) is 0 Å². The Morgan fingerprint density at radius 1 is 1.44 bits per heavy atom. The smallest absolute Gasteiger partial charge is 0.249 e. The summed E-state index contributed by atoms with van der Waals surface area (Å²) in [6.45, 7) is 1.87. The molecule has 92 valence electrons. The van der Waals surface area contributed by atoms with Crippen molar-refractivity contribution in [1.29, 1.82) is 0 Å². The van der Waals surface area contributed by atoms with Crippen molar-refractivity contribution in [2.75, 3.05) is 5.32 Å². The molecular weight excluding hydrogens is 294 g/mol. The summed E-state index contributed by atoms with van der Waals surface area (Å²) in [5.41, 5.74) is 1.86. The molecule has 0 saturated heterocycles. The fourth-order valence-electron chi connectivity index (χ4n) is 1.43. The number of rotatable bonds is 3. The fourth-order valence-corrected chi connectivity index (χ4v) is 1.85. The van der Waals surface area contributed by atoms with E-state index >= 15 is 0 Å². The SMILES string of the molecule is Cc1cc(NC(=O)C=Cc2cccc(Br)c2)n[nH]1. The Morgan fingerprint density at radius 3 is 2.94 bits per heavy atom. The molecule has 4 nitrogen and oxygen atoms in total. The van der Waals surface area contributed by atoms with Gasteiger partial charge in [0.05, 0.1) is 0 Å². The molecule has 0 bridgehead atoms. The molecule has 0 aliphatic rings. The number of halogens is 1. The van der Waals surface area contributed by atoms with E-state index in [4.69, 9.17) is 0 Å². The van der Waals surface area contributed by atoms with Crippen molar-refractivity contribution in [1.82, 2.24) is 10.2 Å². The molecule has 0 saturated carbocycles. The number of carbonyl (C=O) groups excluding carboxylic acids is 1. The van der Waals surface area contributed by atoms with Crippen LogP contribution in [-0.2, 0) is 4.79 Å². The maximum atomic E-state index is 11.6. The van der Waals surface area contributed by atoms with Gasteiger partial charge in [-0.05, 0) is 30.7 Å². The number of hydrogen-bond acceptors (Lipinski definition) is 2. The topological polar surface area (TPSA) is 57.8 Å². The average molecular weight is 306 g/mol. The number of anilines is 1. The number of H-pyrrole nitrogens is 1. The van der Waals surface area contributed by atoms with Crippen LogP contribution in [0.15, 0.2) is 40.9 Å². The molecule has 0 radical (unpaired) electrons. The van der Waals surface area contributed by atoms with E-state index in [0.29, 0.717) is 5.82 Å². The third-order valence-corrected chi connectivity index (χ3v) is 2.73. The summed E-state index contributed by atoms with van der Waals surface area (Å²) in [6.07, 6.45) is 3.23. The maximum Gasteiger partial charge on any atom is 0.249 e. The Balaban J connectivity index is 1.99. The number of amides is 1. The molecule has 1 aromatic heterocycles. The number of benzene rings is 1. The number of hydrogen-bond donors (Lipinski definition) is 2. The second kappa shape index (κ2) is 5.64. The van der Waals surface area contributed by atoms with Gasteiger partial charge in [-0.1, -0.05) is 28.1 Å². The van der Waals surface area contributed by atoms with Gasteiger partial charge in [0.1, 0.15) is 0 Å². The van der Waals surface area contributed by atoms with Gasteiger partial charge in [0, 0.05) is 22.3 Å². The molecular formula is C13H12BrN3O. The highest BCUT2D eigenvalue weighted by molar-refractivity contribution is 9.10. The van der Waals surface area contributed by atoms with Gasteiger partial charge in [-0.15, -0.1) is 0 Å². The van der Waals surface area contributed by atoms with Crippen LogP contribution >= 0.6 is 15.9 Å². The van der Waals surface area contributed by atoms with E-state index in [9.17, 15) is 4.79 Å². The summed E-state index contributed by atoms with van der Waals surface area (Å²) in [5, 5.41) is 9.35. The van der Waals surface area contributed by atoms with Crippen molar-refractivity contribution in [3.8, 4) is 0 Å². The van der Waals surface area contributed by atoms with Crippen LogP contribution in [0.25, 0.3) is 6.08 Å². The standard InChI is InChI=1S/C13H12BrN3O/c1-9-7-12(17-16-9)15-13(18)6-5-10-3-2-4-11(14)8-10/h2-8H,1H3,(H2,15,16,17,18). The van der Waals surface area contributed by atoms with E-state index in [1.54, 1.807) is 12.1 Å². The number of nitrogens with zero attached hydrogens (tertiary/aromatic N) is 1. The van der Waals surface area contributed by atoms with Crippen LogP contribution in [-0.4, -0.2) is 16.1 Å². The van der Waals surface area contributed by atoms with Crippen LogP contribution in [0, 0.1) is 6.92 Å². The highest BCUT2D eigenvalue weighted by Gasteiger charge is 2.00. The molecule has 0 aliphatic carbocycles. The van der Waals surface area contributed by atoms with Crippen molar-refractivity contribution in [2.24, 2.45) is 0 Å². The van der Waals surface area contributed by atoms with Gasteiger partial charge < -0.3 is 5.32 Å². The number of carbonyl (C=O) groups is 1. The van der Waals surface area contributed by atoms with Crippen LogP contribution in [0.4, 0.5) is 5.82 Å². The third-order valence-electron chi connectivity index (χ3n) is 2.23. The summed E-state index contributed by atoms with van der Waals surface area (Å²) < 4.78 is 0.980. The Morgan fingerprint density at radius 2 is 2.28 bits per heavy atom. The molecule has 5 heteroatoms. The molecule has 2 N–H and O–H groups in total. The summed E-state index contributed by atoms with van der Waals surface area (Å²) in [5.74, 6) is 0.317. The molecule has 1 aromatic carbocycles. The summed E-state index contributed by atoms with van der Waals surface area (Å²) in [7, 11) is 0. The summed E-state index contributed by atoms with van der Waals surface area (Å²) in [6, 6.07) is 9.48. The Labute approximate surface area is 113 Å². The molecule has 0 atom stereocenters. The second-order valence-corrected chi connectivity index (χ2v) is 4.73. The van der Waals surface area contributed by atoms with Gasteiger partial charge in [0.2, 0.25) is 5.91 Å². The highest BCUT2D eigenvalue weighted by Crippen LogP contribution is 2.12. The minimum absolute atomic E-state index is 0.207. The predicted octanol–water partition coefficient (Wildman–Crippen LogP) is 3.13. The zero-order valence-corrected chi connectivity index (χ0v) is 11.4. The molecule has 0 unspecified atom stereocenters. The number of aryl methyl sites for hydroxylation is 1. The van der Waals surface area contributed by atoms with Crippen molar-refractivity contribution in [3.05, 3.63) is 52.1 Å². The second-order valence-electron chi connectivity index (χ2n) is 3.81. The lowest BCUT2D eigenvalue weighted by atomic mass is 10.2. The minimum atomic E-state index is -0.207. The lowest BCUT2D eigenvalue weighted by Gasteiger charge is -1.96. The van der Waals surface area contributed by atoms with Crippen LogP contribution in [0.2, 0.25) is 0 Å². The Bertz CT molecular complexity index is 589. The van der Waals surface area contributed by atoms with Gasteiger partial charge in [-0.2, -0.15) is 5.10 Å². The molecule has 0 aliphatic heterocycles. The van der Waals surface area contributed by atoms with E-state index < -0.39 is 0 Å². The quantitative estimate of drug-likeness (QED) is 0.856. The zero-order chi connectivity index (χ0) is 13.0. The first-order valence-electron chi connectivity index (χ1n) is 5.40. The molecule has 0 fully saturated rings. The average Bonchev–Trinajstić information content (AvgIpc) is 2.72. The van der Waals surface area contributed by atoms with Gasteiger partial charge in [0.25, 0.3) is 0 Å². The highest BCUT2D eigenvalue weighted by atomic mass is 79.9. The number of nitrogens with one attached hydrogen (secondary N) is 2. The fraction of sp³-hybridized carbons (Fsp3) is 0.0769. The predicted molar refractivity (Wildman–Crippen MR) is 75.1 cm³/mol. The molecule has 1 amide bonds. The van der Waals surface area contributed by atoms with E-state index in [1.807, 2.05) is 31.2 Å². The summed E-state index contributed by atoms with van der Waals surface area (Å²) >= 11 is 3.38. The van der Waals surface area contributed by atoms with Gasteiger partial charge >= 0.3 is 0 Å². The largest absolute Gasteiger partial charge is 0.306 e. The molecule has 18 heavy (non-hydrogen) atoms. The van der Waals surface area contributed by atoms with Crippen LogP contribution < -0.4 is 5.32 Å². The lowest BCUT2D eigenvalue weighted by Crippen LogP contribution is -2.07.